The van der Waals surface area contributed by atoms with Crippen molar-refractivity contribution in [3.8, 4) is 5.75 Å². The third-order valence-electron chi connectivity index (χ3n) is 4.33. The monoisotopic (exact) mass is 320 g/mol. The van der Waals surface area contributed by atoms with E-state index in [9.17, 15) is 4.79 Å². The van der Waals surface area contributed by atoms with Crippen LogP contribution >= 0.6 is 0 Å². The molecule has 0 spiro atoms. The minimum absolute atomic E-state index is 0.0673. The van der Waals surface area contributed by atoms with Crippen LogP contribution in [0.4, 0.5) is 0 Å². The van der Waals surface area contributed by atoms with E-state index in [1.807, 2.05) is 36.1 Å². The third kappa shape index (κ3) is 5.22. The van der Waals surface area contributed by atoms with Crippen molar-refractivity contribution in [2.75, 3.05) is 33.4 Å². The van der Waals surface area contributed by atoms with E-state index >= 15 is 0 Å². The van der Waals surface area contributed by atoms with Crippen molar-refractivity contribution in [1.29, 1.82) is 0 Å². The lowest BCUT2D eigenvalue weighted by Crippen LogP contribution is -2.45. The van der Waals surface area contributed by atoms with E-state index in [-0.39, 0.29) is 11.9 Å². The molecule has 2 rings (SSSR count). The van der Waals surface area contributed by atoms with E-state index < -0.39 is 0 Å². The minimum Gasteiger partial charge on any atom is -0.493 e. The van der Waals surface area contributed by atoms with Crippen LogP contribution in [-0.2, 0) is 4.74 Å². The number of methoxy groups -OCH3 is 1. The van der Waals surface area contributed by atoms with Gasteiger partial charge in [0.15, 0.2) is 0 Å². The molecular weight excluding hydrogens is 292 g/mol. The standard InChI is InChI=1S/C18H28N2O3/c1-14(19)16-7-4-9-20(13-16)18(21)15-6-3-8-17(12-15)23-11-5-10-22-2/h3,6,8,12,14,16H,4-5,7,9-11,13,19H2,1-2H3. The van der Waals surface area contributed by atoms with E-state index in [0.717, 1.165) is 38.1 Å². The van der Waals surface area contributed by atoms with Crippen LogP contribution in [0.3, 0.4) is 0 Å². The van der Waals surface area contributed by atoms with Gasteiger partial charge in [-0.2, -0.15) is 0 Å². The number of hydrogen-bond acceptors (Lipinski definition) is 4. The van der Waals surface area contributed by atoms with Gasteiger partial charge in [-0.25, -0.2) is 0 Å². The first-order valence-corrected chi connectivity index (χ1v) is 8.38. The highest BCUT2D eigenvalue weighted by Gasteiger charge is 2.26. The molecule has 0 aromatic heterocycles. The minimum atomic E-state index is 0.0673. The molecule has 1 aromatic carbocycles. The topological polar surface area (TPSA) is 64.8 Å². The summed E-state index contributed by atoms with van der Waals surface area (Å²) in [5, 5.41) is 0. The Morgan fingerprint density at radius 2 is 2.26 bits per heavy atom. The van der Waals surface area contributed by atoms with E-state index in [0.29, 0.717) is 24.7 Å². The number of amides is 1. The van der Waals surface area contributed by atoms with Gasteiger partial charge in [0.25, 0.3) is 5.91 Å². The van der Waals surface area contributed by atoms with Gasteiger partial charge < -0.3 is 20.1 Å². The van der Waals surface area contributed by atoms with Crippen molar-refractivity contribution in [3.05, 3.63) is 29.8 Å². The van der Waals surface area contributed by atoms with Gasteiger partial charge >= 0.3 is 0 Å². The van der Waals surface area contributed by atoms with E-state index in [4.69, 9.17) is 15.2 Å². The number of rotatable bonds is 7. The number of likely N-dealkylation sites (tertiary alicyclic amines) is 1. The van der Waals surface area contributed by atoms with Crippen LogP contribution in [-0.4, -0.2) is 50.3 Å². The zero-order valence-corrected chi connectivity index (χ0v) is 14.2. The maximum atomic E-state index is 12.7. The Morgan fingerprint density at radius 3 is 3.00 bits per heavy atom. The van der Waals surface area contributed by atoms with Gasteiger partial charge in [0, 0.05) is 44.8 Å². The number of carbonyl (C=O) groups excluding carboxylic acids is 1. The molecule has 0 radical (unpaired) electrons. The van der Waals surface area contributed by atoms with Crippen molar-refractivity contribution in [2.45, 2.75) is 32.2 Å². The van der Waals surface area contributed by atoms with Crippen molar-refractivity contribution >= 4 is 5.91 Å². The molecule has 1 fully saturated rings. The van der Waals surface area contributed by atoms with Gasteiger partial charge in [-0.3, -0.25) is 4.79 Å². The number of benzene rings is 1. The van der Waals surface area contributed by atoms with Gasteiger partial charge in [-0.05, 0) is 43.9 Å². The van der Waals surface area contributed by atoms with Crippen molar-refractivity contribution in [1.82, 2.24) is 4.90 Å². The van der Waals surface area contributed by atoms with Crippen LogP contribution < -0.4 is 10.5 Å². The fourth-order valence-electron chi connectivity index (χ4n) is 2.92. The van der Waals surface area contributed by atoms with Crippen molar-refractivity contribution in [3.63, 3.8) is 0 Å². The van der Waals surface area contributed by atoms with Crippen LogP contribution in [0.1, 0.15) is 36.5 Å². The van der Waals surface area contributed by atoms with Gasteiger partial charge in [0.1, 0.15) is 5.75 Å². The molecule has 23 heavy (non-hydrogen) atoms. The Balaban J connectivity index is 1.96. The number of ether oxygens (including phenoxy) is 2. The summed E-state index contributed by atoms with van der Waals surface area (Å²) in [4.78, 5) is 14.6. The molecule has 1 saturated heterocycles. The molecule has 5 nitrogen and oxygen atoms in total. The highest BCUT2D eigenvalue weighted by Crippen LogP contribution is 2.22. The zero-order chi connectivity index (χ0) is 16.7. The summed E-state index contributed by atoms with van der Waals surface area (Å²) in [6.45, 7) is 4.83. The maximum Gasteiger partial charge on any atom is 0.253 e. The van der Waals surface area contributed by atoms with Crippen LogP contribution in [0.15, 0.2) is 24.3 Å². The van der Waals surface area contributed by atoms with E-state index in [1.54, 1.807) is 7.11 Å². The van der Waals surface area contributed by atoms with Crippen LogP contribution in [0, 0.1) is 5.92 Å². The molecule has 1 heterocycles. The summed E-state index contributed by atoms with van der Waals surface area (Å²) in [5.41, 5.74) is 6.68. The molecule has 1 amide bonds. The Morgan fingerprint density at radius 1 is 1.43 bits per heavy atom. The molecule has 128 valence electrons. The lowest BCUT2D eigenvalue weighted by atomic mass is 9.92. The Hall–Kier alpha value is -1.59. The third-order valence-corrected chi connectivity index (χ3v) is 4.33. The van der Waals surface area contributed by atoms with Crippen molar-refractivity contribution < 1.29 is 14.3 Å². The summed E-state index contributed by atoms with van der Waals surface area (Å²) in [6.07, 6.45) is 2.95. The van der Waals surface area contributed by atoms with Crippen LogP contribution in [0.2, 0.25) is 0 Å². The van der Waals surface area contributed by atoms with Gasteiger partial charge in [0.05, 0.1) is 6.61 Å². The van der Waals surface area contributed by atoms with Gasteiger partial charge in [-0.15, -0.1) is 0 Å². The quantitative estimate of drug-likeness (QED) is 0.783. The average molecular weight is 320 g/mol. The Labute approximate surface area is 138 Å². The smallest absolute Gasteiger partial charge is 0.253 e. The summed E-state index contributed by atoms with van der Waals surface area (Å²) in [5.74, 6) is 1.19. The molecule has 0 bridgehead atoms. The summed E-state index contributed by atoms with van der Waals surface area (Å²) in [7, 11) is 1.67. The van der Waals surface area contributed by atoms with E-state index in [1.165, 1.54) is 0 Å². The van der Waals surface area contributed by atoms with Crippen LogP contribution in [0.5, 0.6) is 5.75 Å². The molecular formula is C18H28N2O3. The fourth-order valence-corrected chi connectivity index (χ4v) is 2.92. The second-order valence-electron chi connectivity index (χ2n) is 6.24. The largest absolute Gasteiger partial charge is 0.493 e. The number of hydrogen-bond donors (Lipinski definition) is 1. The van der Waals surface area contributed by atoms with Gasteiger partial charge in [0.2, 0.25) is 0 Å². The SMILES string of the molecule is COCCCOc1cccc(C(=O)N2CCCC(C(C)N)C2)c1. The second kappa shape index (κ2) is 8.89. The summed E-state index contributed by atoms with van der Waals surface area (Å²) >= 11 is 0. The normalized spacial score (nSPS) is 19.4. The molecule has 1 aromatic rings. The molecule has 2 N–H and O–H groups in total. The molecule has 2 atom stereocenters. The predicted octanol–water partition coefficient (Wildman–Crippen LogP) is 2.30. The molecule has 1 aliphatic rings. The summed E-state index contributed by atoms with van der Waals surface area (Å²) in [6, 6.07) is 7.54. The first-order chi connectivity index (χ1) is 11.1. The van der Waals surface area contributed by atoms with Crippen molar-refractivity contribution in [2.24, 2.45) is 11.7 Å². The molecule has 0 saturated carbocycles. The fraction of sp³-hybridized carbons (Fsp3) is 0.611. The van der Waals surface area contributed by atoms with Gasteiger partial charge in [-0.1, -0.05) is 6.07 Å². The zero-order valence-electron chi connectivity index (χ0n) is 14.2. The summed E-state index contributed by atoms with van der Waals surface area (Å²) < 4.78 is 10.7. The molecule has 1 aliphatic heterocycles. The Bertz CT molecular complexity index is 505. The number of nitrogens with two attached hydrogens (primary N) is 1. The predicted molar refractivity (Wildman–Crippen MR) is 90.7 cm³/mol. The first kappa shape index (κ1) is 17.8. The average Bonchev–Trinajstić information content (AvgIpc) is 2.58. The lowest BCUT2D eigenvalue weighted by molar-refractivity contribution is 0.0660. The lowest BCUT2D eigenvalue weighted by Gasteiger charge is -2.34. The number of nitrogens with zero attached hydrogens (tertiary/aromatic N) is 1. The van der Waals surface area contributed by atoms with E-state index in [2.05, 4.69) is 0 Å². The molecule has 0 aliphatic carbocycles. The second-order valence-corrected chi connectivity index (χ2v) is 6.24. The maximum absolute atomic E-state index is 12.7. The Kier molecular flexibility index (Phi) is 6.86. The highest BCUT2D eigenvalue weighted by atomic mass is 16.5. The molecule has 2 unspecified atom stereocenters. The number of piperidine rings is 1. The van der Waals surface area contributed by atoms with Crippen LogP contribution in [0.25, 0.3) is 0 Å². The molecule has 5 heteroatoms. The first-order valence-electron chi connectivity index (χ1n) is 8.38. The number of carbonyl (C=O) groups is 1. The highest BCUT2D eigenvalue weighted by molar-refractivity contribution is 5.94.